The van der Waals surface area contributed by atoms with Crippen LogP contribution < -0.4 is 11.1 Å². The van der Waals surface area contributed by atoms with Crippen LogP contribution in [0.3, 0.4) is 0 Å². The van der Waals surface area contributed by atoms with E-state index in [1.807, 2.05) is 13.0 Å². The normalized spacial score (nSPS) is 12.3. The molecule has 5 heteroatoms. The smallest absolute Gasteiger partial charge is 0.251 e. The van der Waals surface area contributed by atoms with Crippen molar-refractivity contribution in [3.05, 3.63) is 32.7 Å². The molecule has 15 heavy (non-hydrogen) atoms. The van der Waals surface area contributed by atoms with Crippen LogP contribution in [0.4, 0.5) is 0 Å². The molecular formula is C10H12Br2N2O. The number of carbonyl (C=O) groups excluding carboxylic acids is 1. The Morgan fingerprint density at radius 2 is 1.93 bits per heavy atom. The van der Waals surface area contributed by atoms with Crippen LogP contribution in [0.5, 0.6) is 0 Å². The fraction of sp³-hybridized carbons (Fsp3) is 0.300. The molecule has 1 unspecified atom stereocenters. The Morgan fingerprint density at radius 3 is 2.40 bits per heavy atom. The molecule has 0 bridgehead atoms. The van der Waals surface area contributed by atoms with E-state index < -0.39 is 0 Å². The van der Waals surface area contributed by atoms with Crippen LogP contribution in [-0.4, -0.2) is 18.5 Å². The number of nitrogens with two attached hydrogens (primary N) is 1. The average molecular weight is 336 g/mol. The predicted molar refractivity (Wildman–Crippen MR) is 67.8 cm³/mol. The summed E-state index contributed by atoms with van der Waals surface area (Å²) in [7, 11) is 0. The van der Waals surface area contributed by atoms with E-state index in [9.17, 15) is 4.79 Å². The standard InChI is InChI=1S/C10H12Br2N2O/c1-6(5-13)14-10(15)7-2-8(11)4-9(12)3-7/h2-4,6H,5,13H2,1H3,(H,14,15). The first-order valence-corrected chi connectivity index (χ1v) is 6.08. The van der Waals surface area contributed by atoms with Gasteiger partial charge < -0.3 is 11.1 Å². The van der Waals surface area contributed by atoms with Crippen LogP contribution in [0, 0.1) is 0 Å². The van der Waals surface area contributed by atoms with Gasteiger partial charge in [0.15, 0.2) is 0 Å². The summed E-state index contributed by atoms with van der Waals surface area (Å²) < 4.78 is 1.73. The minimum Gasteiger partial charge on any atom is -0.348 e. The first kappa shape index (κ1) is 12.7. The number of benzene rings is 1. The first-order chi connectivity index (χ1) is 7.02. The minimum atomic E-state index is -0.116. The second-order valence-electron chi connectivity index (χ2n) is 3.27. The lowest BCUT2D eigenvalue weighted by molar-refractivity contribution is 0.0941. The zero-order valence-corrected chi connectivity index (χ0v) is 11.4. The zero-order chi connectivity index (χ0) is 11.4. The van der Waals surface area contributed by atoms with Crippen LogP contribution >= 0.6 is 31.9 Å². The maximum absolute atomic E-state index is 11.7. The number of rotatable bonds is 3. The van der Waals surface area contributed by atoms with Gasteiger partial charge in [-0.15, -0.1) is 0 Å². The molecule has 3 N–H and O–H groups in total. The number of carbonyl (C=O) groups is 1. The Hall–Kier alpha value is -0.390. The molecule has 0 saturated carbocycles. The van der Waals surface area contributed by atoms with Gasteiger partial charge in [-0.05, 0) is 25.1 Å². The number of nitrogens with one attached hydrogen (secondary N) is 1. The van der Waals surface area contributed by atoms with Gasteiger partial charge in [0.05, 0.1) is 0 Å². The predicted octanol–water partition coefficient (Wildman–Crippen LogP) is 2.29. The van der Waals surface area contributed by atoms with Gasteiger partial charge in [0.25, 0.3) is 5.91 Å². The van der Waals surface area contributed by atoms with Crippen molar-refractivity contribution in [3.8, 4) is 0 Å². The molecule has 0 heterocycles. The highest BCUT2D eigenvalue weighted by Crippen LogP contribution is 2.20. The fourth-order valence-electron chi connectivity index (χ4n) is 1.05. The lowest BCUT2D eigenvalue weighted by Gasteiger charge is -2.11. The third-order valence-corrected chi connectivity index (χ3v) is 2.77. The summed E-state index contributed by atoms with van der Waals surface area (Å²) >= 11 is 6.66. The zero-order valence-electron chi connectivity index (χ0n) is 8.26. The van der Waals surface area contributed by atoms with Gasteiger partial charge in [0.1, 0.15) is 0 Å². The molecule has 0 aromatic heterocycles. The van der Waals surface area contributed by atoms with Crippen LogP contribution in [0.1, 0.15) is 17.3 Å². The number of hydrogen-bond donors (Lipinski definition) is 2. The van der Waals surface area contributed by atoms with E-state index in [1.165, 1.54) is 0 Å². The SMILES string of the molecule is CC(CN)NC(=O)c1cc(Br)cc(Br)c1. The first-order valence-electron chi connectivity index (χ1n) is 4.50. The summed E-state index contributed by atoms with van der Waals surface area (Å²) in [5.41, 5.74) is 6.03. The summed E-state index contributed by atoms with van der Waals surface area (Å²) in [5.74, 6) is -0.116. The summed E-state index contributed by atoms with van der Waals surface area (Å²) in [6.45, 7) is 2.30. The van der Waals surface area contributed by atoms with Gasteiger partial charge >= 0.3 is 0 Å². The van der Waals surface area contributed by atoms with Gasteiger partial charge in [0, 0.05) is 27.1 Å². The topological polar surface area (TPSA) is 55.1 Å². The van der Waals surface area contributed by atoms with E-state index in [0.29, 0.717) is 12.1 Å². The largest absolute Gasteiger partial charge is 0.348 e. The molecule has 3 nitrogen and oxygen atoms in total. The Balaban J connectivity index is 2.82. The molecule has 0 fully saturated rings. The van der Waals surface area contributed by atoms with Crippen molar-refractivity contribution in [2.75, 3.05) is 6.54 Å². The summed E-state index contributed by atoms with van der Waals surface area (Å²) in [5, 5.41) is 2.79. The molecule has 1 aromatic carbocycles. The van der Waals surface area contributed by atoms with Crippen LogP contribution in [0.25, 0.3) is 0 Å². The molecule has 82 valence electrons. The molecular weight excluding hydrogens is 324 g/mol. The molecule has 1 atom stereocenters. The summed E-state index contributed by atoms with van der Waals surface area (Å²) in [6, 6.07) is 5.39. The Morgan fingerprint density at radius 1 is 1.40 bits per heavy atom. The van der Waals surface area contributed by atoms with Gasteiger partial charge in [-0.25, -0.2) is 0 Å². The lowest BCUT2D eigenvalue weighted by Crippen LogP contribution is -2.37. The quantitative estimate of drug-likeness (QED) is 0.890. The Bertz CT molecular complexity index is 348. The molecule has 0 saturated heterocycles. The van der Waals surface area contributed by atoms with E-state index in [-0.39, 0.29) is 11.9 Å². The molecule has 0 aliphatic rings. The fourth-order valence-corrected chi connectivity index (χ4v) is 2.34. The average Bonchev–Trinajstić information content (AvgIpc) is 2.16. The molecule has 0 radical (unpaired) electrons. The monoisotopic (exact) mass is 334 g/mol. The molecule has 1 amide bonds. The van der Waals surface area contributed by atoms with Crippen LogP contribution in [0.2, 0.25) is 0 Å². The maximum atomic E-state index is 11.7. The van der Waals surface area contributed by atoms with E-state index in [2.05, 4.69) is 37.2 Å². The van der Waals surface area contributed by atoms with Crippen molar-refractivity contribution in [2.45, 2.75) is 13.0 Å². The van der Waals surface area contributed by atoms with Gasteiger partial charge in [-0.1, -0.05) is 31.9 Å². The number of hydrogen-bond acceptors (Lipinski definition) is 2. The highest BCUT2D eigenvalue weighted by Gasteiger charge is 2.09. The van der Waals surface area contributed by atoms with E-state index in [4.69, 9.17) is 5.73 Å². The van der Waals surface area contributed by atoms with E-state index in [0.717, 1.165) is 8.95 Å². The van der Waals surface area contributed by atoms with Gasteiger partial charge in [-0.3, -0.25) is 4.79 Å². The Labute approximate surface area is 106 Å². The van der Waals surface area contributed by atoms with E-state index in [1.54, 1.807) is 12.1 Å². The van der Waals surface area contributed by atoms with Crippen LogP contribution in [0.15, 0.2) is 27.1 Å². The lowest BCUT2D eigenvalue weighted by atomic mass is 10.2. The highest BCUT2D eigenvalue weighted by atomic mass is 79.9. The van der Waals surface area contributed by atoms with Crippen molar-refractivity contribution in [1.29, 1.82) is 0 Å². The maximum Gasteiger partial charge on any atom is 0.251 e. The van der Waals surface area contributed by atoms with Crippen LogP contribution in [-0.2, 0) is 0 Å². The van der Waals surface area contributed by atoms with Gasteiger partial charge in [-0.2, -0.15) is 0 Å². The molecule has 1 aromatic rings. The molecule has 1 rings (SSSR count). The van der Waals surface area contributed by atoms with Gasteiger partial charge in [0.2, 0.25) is 0 Å². The Kier molecular flexibility index (Phi) is 4.76. The number of amides is 1. The van der Waals surface area contributed by atoms with Crippen molar-refractivity contribution >= 4 is 37.8 Å². The summed E-state index contributed by atoms with van der Waals surface area (Å²) in [6.07, 6.45) is 0. The second-order valence-corrected chi connectivity index (χ2v) is 5.10. The van der Waals surface area contributed by atoms with Crippen molar-refractivity contribution < 1.29 is 4.79 Å². The third-order valence-electron chi connectivity index (χ3n) is 1.86. The second kappa shape index (κ2) is 5.63. The van der Waals surface area contributed by atoms with E-state index >= 15 is 0 Å². The van der Waals surface area contributed by atoms with Crippen molar-refractivity contribution in [2.24, 2.45) is 5.73 Å². The molecule has 0 aliphatic heterocycles. The molecule has 0 aliphatic carbocycles. The van der Waals surface area contributed by atoms with Crippen molar-refractivity contribution in [1.82, 2.24) is 5.32 Å². The summed E-state index contributed by atoms with van der Waals surface area (Å²) in [4.78, 5) is 11.7. The minimum absolute atomic E-state index is 0.0183. The molecule has 0 spiro atoms. The highest BCUT2D eigenvalue weighted by molar-refractivity contribution is 9.11. The van der Waals surface area contributed by atoms with Crippen molar-refractivity contribution in [3.63, 3.8) is 0 Å². The third kappa shape index (κ3) is 3.93. The number of halogens is 2.